The molecule has 0 aliphatic heterocycles. The lowest BCUT2D eigenvalue weighted by Crippen LogP contribution is -2.28. The van der Waals surface area contributed by atoms with Gasteiger partial charge in [0.25, 0.3) is 17.3 Å². The molecule has 3 aromatic rings. The second-order valence-corrected chi connectivity index (χ2v) is 6.24. The van der Waals surface area contributed by atoms with Crippen LogP contribution in [0.15, 0.2) is 54.6 Å². The Morgan fingerprint density at radius 1 is 1.00 bits per heavy atom. The zero-order valence-corrected chi connectivity index (χ0v) is 15.5. The number of rotatable bonds is 7. The van der Waals surface area contributed by atoms with Crippen molar-refractivity contribution < 1.29 is 19.4 Å². The molecule has 0 unspecified atom stereocenters. The number of fused-ring (bicyclic) bond motifs is 1. The van der Waals surface area contributed by atoms with Crippen LogP contribution in [0, 0.1) is 27.2 Å². The molecule has 0 heterocycles. The Morgan fingerprint density at radius 3 is 2.28 bits per heavy atom. The molecule has 0 fully saturated rings. The van der Waals surface area contributed by atoms with E-state index in [1.807, 2.05) is 42.5 Å². The molecule has 3 rings (SSSR count). The summed E-state index contributed by atoms with van der Waals surface area (Å²) in [5.41, 5.74) is -1.21. The van der Waals surface area contributed by atoms with E-state index >= 15 is 0 Å². The van der Waals surface area contributed by atoms with Crippen molar-refractivity contribution in [2.75, 3.05) is 13.2 Å². The first-order valence-electron chi connectivity index (χ1n) is 8.70. The molecule has 0 saturated heterocycles. The second kappa shape index (κ2) is 8.34. The molecule has 9 nitrogen and oxygen atoms in total. The summed E-state index contributed by atoms with van der Waals surface area (Å²) in [6.07, 6.45) is 0. The predicted octanol–water partition coefficient (Wildman–Crippen LogP) is 3.77. The van der Waals surface area contributed by atoms with Crippen LogP contribution in [0.3, 0.4) is 0 Å². The van der Waals surface area contributed by atoms with Gasteiger partial charge in [-0.15, -0.1) is 0 Å². The van der Waals surface area contributed by atoms with E-state index in [-0.39, 0.29) is 24.3 Å². The van der Waals surface area contributed by atoms with Crippen LogP contribution in [0.1, 0.15) is 15.9 Å². The Morgan fingerprint density at radius 2 is 1.62 bits per heavy atom. The second-order valence-electron chi connectivity index (χ2n) is 6.24. The van der Waals surface area contributed by atoms with Crippen molar-refractivity contribution in [1.29, 1.82) is 0 Å². The third-order valence-corrected chi connectivity index (χ3v) is 4.40. The Hall–Kier alpha value is -4.01. The van der Waals surface area contributed by atoms with E-state index in [2.05, 4.69) is 5.32 Å². The lowest BCUT2D eigenvalue weighted by Gasteiger charge is -2.10. The monoisotopic (exact) mass is 395 g/mol. The van der Waals surface area contributed by atoms with E-state index in [1.165, 1.54) is 6.92 Å². The average Bonchev–Trinajstić information content (AvgIpc) is 2.70. The molecule has 0 radical (unpaired) electrons. The molecule has 0 bridgehead atoms. The van der Waals surface area contributed by atoms with Gasteiger partial charge in [-0.1, -0.05) is 36.4 Å². The van der Waals surface area contributed by atoms with Crippen LogP contribution in [0.4, 0.5) is 11.4 Å². The van der Waals surface area contributed by atoms with Crippen molar-refractivity contribution in [3.8, 4) is 5.75 Å². The van der Waals surface area contributed by atoms with Crippen molar-refractivity contribution in [2.24, 2.45) is 0 Å². The number of benzene rings is 3. The topological polar surface area (TPSA) is 125 Å². The number of nitrogens with one attached hydrogen (secondary N) is 1. The zero-order valence-electron chi connectivity index (χ0n) is 15.5. The number of amides is 1. The summed E-state index contributed by atoms with van der Waals surface area (Å²) < 4.78 is 5.72. The highest BCUT2D eigenvalue weighted by Crippen LogP contribution is 2.29. The summed E-state index contributed by atoms with van der Waals surface area (Å²) in [7, 11) is 0. The molecular weight excluding hydrogens is 378 g/mol. The molecule has 0 aromatic heterocycles. The maximum atomic E-state index is 12.3. The maximum absolute atomic E-state index is 12.3. The van der Waals surface area contributed by atoms with Gasteiger partial charge in [0, 0.05) is 17.5 Å². The number of ether oxygens (including phenoxy) is 1. The minimum absolute atomic E-state index is 0.101. The Balaban J connectivity index is 1.68. The van der Waals surface area contributed by atoms with Crippen molar-refractivity contribution >= 4 is 28.1 Å². The van der Waals surface area contributed by atoms with E-state index in [1.54, 1.807) is 0 Å². The fourth-order valence-electron chi connectivity index (χ4n) is 2.94. The molecule has 9 heteroatoms. The van der Waals surface area contributed by atoms with Gasteiger partial charge in [0.1, 0.15) is 17.9 Å². The highest BCUT2D eigenvalue weighted by molar-refractivity contribution is 5.96. The zero-order chi connectivity index (χ0) is 21.0. The molecule has 1 amide bonds. The van der Waals surface area contributed by atoms with Gasteiger partial charge in [0.2, 0.25) is 0 Å². The fourth-order valence-corrected chi connectivity index (χ4v) is 2.94. The quantitative estimate of drug-likeness (QED) is 0.369. The summed E-state index contributed by atoms with van der Waals surface area (Å²) in [6.45, 7) is 1.56. The molecule has 29 heavy (non-hydrogen) atoms. The number of nitro groups is 2. The van der Waals surface area contributed by atoms with Crippen LogP contribution >= 0.6 is 0 Å². The summed E-state index contributed by atoms with van der Waals surface area (Å²) in [5, 5.41) is 26.8. The van der Waals surface area contributed by atoms with Crippen LogP contribution in [-0.4, -0.2) is 28.9 Å². The number of hydrogen-bond donors (Lipinski definition) is 1. The number of carbonyl (C=O) groups excluding carboxylic acids is 1. The van der Waals surface area contributed by atoms with E-state index < -0.39 is 27.1 Å². The van der Waals surface area contributed by atoms with Crippen molar-refractivity contribution in [1.82, 2.24) is 5.32 Å². The van der Waals surface area contributed by atoms with Crippen molar-refractivity contribution in [3.05, 3.63) is 86.0 Å². The molecule has 0 aliphatic carbocycles. The summed E-state index contributed by atoms with van der Waals surface area (Å²) in [4.78, 5) is 33.1. The lowest BCUT2D eigenvalue weighted by atomic mass is 10.1. The normalized spacial score (nSPS) is 10.5. The first-order valence-corrected chi connectivity index (χ1v) is 8.70. The molecule has 0 saturated carbocycles. The summed E-state index contributed by atoms with van der Waals surface area (Å²) in [5.74, 6) is 0.0108. The number of nitrogens with zero attached hydrogens (tertiary/aromatic N) is 2. The molecule has 1 N–H and O–H groups in total. The van der Waals surface area contributed by atoms with Crippen molar-refractivity contribution in [2.45, 2.75) is 6.92 Å². The Kier molecular flexibility index (Phi) is 5.68. The fraction of sp³-hybridized carbons (Fsp3) is 0.150. The van der Waals surface area contributed by atoms with Gasteiger partial charge < -0.3 is 10.1 Å². The highest BCUT2D eigenvalue weighted by Gasteiger charge is 2.25. The minimum Gasteiger partial charge on any atom is -0.491 e. The van der Waals surface area contributed by atoms with E-state index in [4.69, 9.17) is 4.74 Å². The number of nitro benzene ring substituents is 2. The average molecular weight is 395 g/mol. The van der Waals surface area contributed by atoms with E-state index in [0.29, 0.717) is 5.75 Å². The van der Waals surface area contributed by atoms with Gasteiger partial charge in [0.05, 0.1) is 22.0 Å². The SMILES string of the molecule is Cc1c([N+](=O)[O-])cc(C(=O)NCCOc2cccc3ccccc23)cc1[N+](=O)[O-]. The highest BCUT2D eigenvalue weighted by atomic mass is 16.6. The van der Waals surface area contributed by atoms with Crippen LogP contribution in [0.25, 0.3) is 10.8 Å². The van der Waals surface area contributed by atoms with Gasteiger partial charge >= 0.3 is 0 Å². The largest absolute Gasteiger partial charge is 0.491 e. The number of carbonyl (C=O) groups is 1. The lowest BCUT2D eigenvalue weighted by molar-refractivity contribution is -0.395. The molecule has 0 atom stereocenters. The maximum Gasteiger partial charge on any atom is 0.279 e. The predicted molar refractivity (Wildman–Crippen MR) is 106 cm³/mol. The van der Waals surface area contributed by atoms with Crippen LogP contribution in [0.5, 0.6) is 5.75 Å². The molecule has 0 aliphatic rings. The van der Waals surface area contributed by atoms with Gasteiger partial charge in [-0.05, 0) is 18.4 Å². The van der Waals surface area contributed by atoms with E-state index in [9.17, 15) is 25.0 Å². The third kappa shape index (κ3) is 4.29. The van der Waals surface area contributed by atoms with Crippen LogP contribution < -0.4 is 10.1 Å². The molecular formula is C20H17N3O6. The van der Waals surface area contributed by atoms with Gasteiger partial charge in [-0.2, -0.15) is 0 Å². The minimum atomic E-state index is -0.747. The first kappa shape index (κ1) is 19.7. The smallest absolute Gasteiger partial charge is 0.279 e. The van der Waals surface area contributed by atoms with Gasteiger partial charge in [0.15, 0.2) is 0 Å². The number of hydrogen-bond acceptors (Lipinski definition) is 6. The molecule has 0 spiro atoms. The van der Waals surface area contributed by atoms with Crippen molar-refractivity contribution in [3.63, 3.8) is 0 Å². The van der Waals surface area contributed by atoms with E-state index in [0.717, 1.165) is 22.9 Å². The standard InChI is InChI=1S/C20H17N3O6/c1-13-17(22(25)26)11-15(12-18(13)23(27)28)20(24)21-9-10-29-19-8-4-6-14-5-2-3-7-16(14)19/h2-8,11-12H,9-10H2,1H3,(H,21,24). The van der Waals surface area contributed by atoms with Gasteiger partial charge in [-0.25, -0.2) is 0 Å². The van der Waals surface area contributed by atoms with Gasteiger partial charge in [-0.3, -0.25) is 25.0 Å². The van der Waals surface area contributed by atoms with Crippen LogP contribution in [-0.2, 0) is 0 Å². The Labute approximate surface area is 165 Å². The van der Waals surface area contributed by atoms with Crippen LogP contribution in [0.2, 0.25) is 0 Å². The summed E-state index contributed by atoms with van der Waals surface area (Å²) in [6, 6.07) is 15.4. The Bertz CT molecular complexity index is 1070. The first-order chi connectivity index (χ1) is 13.9. The molecule has 148 valence electrons. The third-order valence-electron chi connectivity index (χ3n) is 4.40. The molecule has 3 aromatic carbocycles. The summed E-state index contributed by atoms with van der Waals surface area (Å²) >= 11 is 0.